The lowest BCUT2D eigenvalue weighted by atomic mass is 10.1. The Hall–Kier alpha value is -2.01. The second-order valence-corrected chi connectivity index (χ2v) is 5.11. The summed E-state index contributed by atoms with van der Waals surface area (Å²) in [6, 6.07) is 11.0. The Morgan fingerprint density at radius 3 is 2.23 bits per heavy atom. The van der Waals surface area contributed by atoms with Crippen LogP contribution in [-0.2, 0) is 13.0 Å². The standard InChI is InChI=1S/C17H17N2O2.BrH/c1-2-13-6-5-9-18(12-13)10-11-19-16(20)14-7-3-4-8-15(14)17(19)21;/h3-9,12H,2,10-11H2,1H3;1H/q+1;/p-1. The lowest BCUT2D eigenvalue weighted by Gasteiger charge is -2.11. The number of benzene rings is 1. The van der Waals surface area contributed by atoms with E-state index in [9.17, 15) is 9.59 Å². The maximum atomic E-state index is 12.2. The first kappa shape index (κ1) is 16.4. The summed E-state index contributed by atoms with van der Waals surface area (Å²) >= 11 is 0. The Morgan fingerprint density at radius 1 is 1.00 bits per heavy atom. The maximum Gasteiger partial charge on any atom is 0.261 e. The van der Waals surface area contributed by atoms with E-state index in [2.05, 4.69) is 19.2 Å². The average molecular weight is 361 g/mol. The van der Waals surface area contributed by atoms with Crippen LogP contribution in [0.2, 0.25) is 0 Å². The Balaban J connectivity index is 0.00000176. The molecule has 0 saturated carbocycles. The van der Waals surface area contributed by atoms with Crippen LogP contribution < -0.4 is 21.5 Å². The summed E-state index contributed by atoms with van der Waals surface area (Å²) in [5, 5.41) is 0. The monoisotopic (exact) mass is 360 g/mol. The van der Waals surface area contributed by atoms with Gasteiger partial charge in [-0.1, -0.05) is 19.1 Å². The third-order valence-corrected chi connectivity index (χ3v) is 3.79. The van der Waals surface area contributed by atoms with Crippen molar-refractivity contribution >= 4 is 11.8 Å². The number of hydrogen-bond donors (Lipinski definition) is 0. The molecule has 114 valence electrons. The minimum atomic E-state index is -0.192. The first-order valence-corrected chi connectivity index (χ1v) is 7.14. The highest BCUT2D eigenvalue weighted by molar-refractivity contribution is 6.21. The predicted molar refractivity (Wildman–Crippen MR) is 77.8 cm³/mol. The van der Waals surface area contributed by atoms with Crippen molar-refractivity contribution in [1.82, 2.24) is 4.90 Å². The summed E-state index contributed by atoms with van der Waals surface area (Å²) in [6.07, 6.45) is 4.98. The zero-order valence-corrected chi connectivity index (χ0v) is 13.9. The van der Waals surface area contributed by atoms with E-state index in [-0.39, 0.29) is 28.8 Å². The number of pyridine rings is 1. The van der Waals surface area contributed by atoms with Crippen LogP contribution in [0.1, 0.15) is 33.2 Å². The fraction of sp³-hybridized carbons (Fsp3) is 0.235. The number of fused-ring (bicyclic) bond motifs is 1. The SMILES string of the molecule is CCc1ccc[n+](CCN2C(=O)c3ccccc3C2=O)c1.[Br-]. The molecule has 0 saturated heterocycles. The maximum absolute atomic E-state index is 12.2. The second-order valence-electron chi connectivity index (χ2n) is 5.11. The van der Waals surface area contributed by atoms with Crippen molar-refractivity contribution in [2.45, 2.75) is 19.9 Å². The number of carbonyl (C=O) groups is 2. The van der Waals surface area contributed by atoms with Crippen molar-refractivity contribution in [1.29, 1.82) is 0 Å². The highest BCUT2D eigenvalue weighted by Gasteiger charge is 2.35. The van der Waals surface area contributed by atoms with Gasteiger partial charge in [0.2, 0.25) is 0 Å². The number of hydrogen-bond acceptors (Lipinski definition) is 2. The molecule has 0 unspecified atom stereocenters. The summed E-state index contributed by atoms with van der Waals surface area (Å²) in [6.45, 7) is 3.10. The predicted octanol–water partition coefficient (Wildman–Crippen LogP) is -1.16. The molecule has 3 rings (SSSR count). The lowest BCUT2D eigenvalue weighted by molar-refractivity contribution is -0.696. The zero-order chi connectivity index (χ0) is 14.8. The molecule has 2 aromatic rings. The molecule has 4 nitrogen and oxygen atoms in total. The van der Waals surface area contributed by atoms with E-state index < -0.39 is 0 Å². The van der Waals surface area contributed by atoms with Gasteiger partial charge < -0.3 is 17.0 Å². The Morgan fingerprint density at radius 2 is 1.64 bits per heavy atom. The third kappa shape index (κ3) is 2.95. The van der Waals surface area contributed by atoms with Gasteiger partial charge in [0.15, 0.2) is 18.9 Å². The number of imide groups is 1. The van der Waals surface area contributed by atoms with Crippen LogP contribution in [0.5, 0.6) is 0 Å². The summed E-state index contributed by atoms with van der Waals surface area (Å²) in [5.41, 5.74) is 2.25. The summed E-state index contributed by atoms with van der Waals surface area (Å²) in [7, 11) is 0. The molecule has 22 heavy (non-hydrogen) atoms. The first-order chi connectivity index (χ1) is 10.2. The van der Waals surface area contributed by atoms with E-state index in [1.54, 1.807) is 24.3 Å². The van der Waals surface area contributed by atoms with E-state index in [1.807, 2.05) is 16.8 Å². The van der Waals surface area contributed by atoms with E-state index >= 15 is 0 Å². The number of aryl methyl sites for hydroxylation is 1. The van der Waals surface area contributed by atoms with Crippen molar-refractivity contribution in [3.8, 4) is 0 Å². The van der Waals surface area contributed by atoms with Crippen LogP contribution in [0.15, 0.2) is 48.8 Å². The lowest BCUT2D eigenvalue weighted by Crippen LogP contribution is -3.00. The van der Waals surface area contributed by atoms with Gasteiger partial charge >= 0.3 is 0 Å². The number of carbonyl (C=O) groups excluding carboxylic acids is 2. The second kappa shape index (κ2) is 6.83. The van der Waals surface area contributed by atoms with Gasteiger partial charge in [0.1, 0.15) is 0 Å². The average Bonchev–Trinajstić information content (AvgIpc) is 2.78. The molecular weight excluding hydrogens is 344 g/mol. The minimum Gasteiger partial charge on any atom is -1.00 e. The van der Waals surface area contributed by atoms with Crippen molar-refractivity contribution < 1.29 is 31.1 Å². The van der Waals surface area contributed by atoms with Crippen molar-refractivity contribution in [2.75, 3.05) is 6.54 Å². The Bertz CT molecular complexity index is 680. The fourth-order valence-electron chi connectivity index (χ4n) is 2.58. The highest BCUT2D eigenvalue weighted by atomic mass is 79.9. The number of rotatable bonds is 4. The summed E-state index contributed by atoms with van der Waals surface area (Å²) < 4.78 is 2.02. The van der Waals surface area contributed by atoms with Gasteiger partial charge in [0.05, 0.1) is 17.7 Å². The zero-order valence-electron chi connectivity index (χ0n) is 12.3. The fourth-order valence-corrected chi connectivity index (χ4v) is 2.58. The topological polar surface area (TPSA) is 41.3 Å². The molecule has 0 N–H and O–H groups in total. The molecule has 5 heteroatoms. The van der Waals surface area contributed by atoms with Crippen LogP contribution in [0.4, 0.5) is 0 Å². The molecule has 1 aromatic heterocycles. The smallest absolute Gasteiger partial charge is 0.261 e. The van der Waals surface area contributed by atoms with Crippen molar-refractivity contribution in [3.05, 3.63) is 65.5 Å². The molecule has 2 amide bonds. The number of aromatic nitrogens is 1. The Kier molecular flexibility index (Phi) is 5.08. The number of halogens is 1. The van der Waals surface area contributed by atoms with Crippen molar-refractivity contribution in [2.24, 2.45) is 0 Å². The van der Waals surface area contributed by atoms with E-state index in [1.165, 1.54) is 10.5 Å². The van der Waals surface area contributed by atoms with Crippen LogP contribution in [0.25, 0.3) is 0 Å². The molecule has 1 aliphatic heterocycles. The van der Waals surface area contributed by atoms with Gasteiger partial charge in [-0.05, 0) is 24.6 Å². The highest BCUT2D eigenvalue weighted by Crippen LogP contribution is 2.21. The molecule has 2 heterocycles. The summed E-state index contributed by atoms with van der Waals surface area (Å²) in [4.78, 5) is 25.8. The van der Waals surface area contributed by atoms with Gasteiger partial charge in [-0.15, -0.1) is 0 Å². The van der Waals surface area contributed by atoms with E-state index in [0.29, 0.717) is 24.2 Å². The molecule has 0 bridgehead atoms. The van der Waals surface area contributed by atoms with Gasteiger partial charge in [0, 0.05) is 11.6 Å². The van der Waals surface area contributed by atoms with Crippen LogP contribution >= 0.6 is 0 Å². The van der Waals surface area contributed by atoms with Crippen molar-refractivity contribution in [3.63, 3.8) is 0 Å². The molecular formula is C17H17BrN2O2. The molecule has 1 aliphatic rings. The number of amides is 2. The number of nitrogens with zero attached hydrogens (tertiary/aromatic N) is 2. The molecule has 0 atom stereocenters. The third-order valence-electron chi connectivity index (χ3n) is 3.79. The van der Waals surface area contributed by atoms with Crippen LogP contribution in [0, 0.1) is 0 Å². The quantitative estimate of drug-likeness (QED) is 0.509. The first-order valence-electron chi connectivity index (χ1n) is 7.14. The Labute approximate surface area is 140 Å². The van der Waals surface area contributed by atoms with E-state index in [4.69, 9.17) is 0 Å². The van der Waals surface area contributed by atoms with Gasteiger partial charge in [-0.3, -0.25) is 14.5 Å². The normalized spacial score (nSPS) is 13.0. The van der Waals surface area contributed by atoms with Crippen LogP contribution in [0.3, 0.4) is 0 Å². The van der Waals surface area contributed by atoms with Gasteiger partial charge in [-0.2, -0.15) is 0 Å². The summed E-state index contributed by atoms with van der Waals surface area (Å²) in [5.74, 6) is -0.384. The van der Waals surface area contributed by atoms with Crippen LogP contribution in [-0.4, -0.2) is 23.3 Å². The molecule has 0 radical (unpaired) electrons. The van der Waals surface area contributed by atoms with Gasteiger partial charge in [0.25, 0.3) is 11.8 Å². The van der Waals surface area contributed by atoms with Gasteiger partial charge in [-0.25, -0.2) is 4.57 Å². The molecule has 0 aliphatic carbocycles. The largest absolute Gasteiger partial charge is 1.00 e. The van der Waals surface area contributed by atoms with E-state index in [0.717, 1.165) is 6.42 Å². The minimum absolute atomic E-state index is 0. The molecule has 0 spiro atoms. The molecule has 1 aromatic carbocycles. The molecule has 0 fully saturated rings.